The van der Waals surface area contributed by atoms with Crippen LogP contribution in [0.5, 0.6) is 0 Å². The van der Waals surface area contributed by atoms with Crippen LogP contribution in [0.4, 0.5) is 0 Å². The Morgan fingerprint density at radius 1 is 0.913 bits per heavy atom. The zero-order chi connectivity index (χ0) is 16.0. The SMILES string of the molecule is COCCn1c2c(c3ccccc3c1=O)C(=O)c1ccccc1-2. The Morgan fingerprint density at radius 3 is 2.30 bits per heavy atom. The van der Waals surface area contributed by atoms with Crippen LogP contribution in [0.1, 0.15) is 15.9 Å². The van der Waals surface area contributed by atoms with E-state index in [4.69, 9.17) is 4.74 Å². The number of hydrogen-bond donors (Lipinski definition) is 0. The van der Waals surface area contributed by atoms with E-state index in [-0.39, 0.29) is 11.3 Å². The molecule has 1 aliphatic carbocycles. The highest BCUT2D eigenvalue weighted by Crippen LogP contribution is 2.38. The number of carbonyl (C=O) groups is 1. The molecule has 4 heteroatoms. The van der Waals surface area contributed by atoms with E-state index in [1.165, 1.54) is 0 Å². The van der Waals surface area contributed by atoms with E-state index in [0.717, 1.165) is 10.9 Å². The number of nitrogens with zero attached hydrogens (tertiary/aromatic N) is 1. The molecule has 0 unspecified atom stereocenters. The number of benzene rings is 2. The van der Waals surface area contributed by atoms with Crippen molar-refractivity contribution >= 4 is 16.6 Å². The maximum atomic E-state index is 12.9. The number of hydrogen-bond acceptors (Lipinski definition) is 3. The second-order valence-electron chi connectivity index (χ2n) is 5.59. The topological polar surface area (TPSA) is 48.3 Å². The summed E-state index contributed by atoms with van der Waals surface area (Å²) in [7, 11) is 1.60. The number of carbonyl (C=O) groups excluding carboxylic acids is 1. The Morgan fingerprint density at radius 2 is 1.57 bits per heavy atom. The van der Waals surface area contributed by atoms with Gasteiger partial charge in [0, 0.05) is 35.6 Å². The molecule has 2 aromatic carbocycles. The molecule has 0 fully saturated rings. The number of fused-ring (bicyclic) bond motifs is 5. The molecule has 0 spiro atoms. The van der Waals surface area contributed by atoms with Crippen LogP contribution in [0, 0.1) is 0 Å². The van der Waals surface area contributed by atoms with Gasteiger partial charge in [-0.2, -0.15) is 0 Å². The molecule has 0 amide bonds. The normalized spacial score (nSPS) is 12.5. The van der Waals surface area contributed by atoms with Crippen molar-refractivity contribution in [1.82, 2.24) is 4.57 Å². The molecule has 4 rings (SSSR count). The van der Waals surface area contributed by atoms with Crippen molar-refractivity contribution in [2.75, 3.05) is 13.7 Å². The molecule has 114 valence electrons. The van der Waals surface area contributed by atoms with Crippen molar-refractivity contribution in [1.29, 1.82) is 0 Å². The zero-order valence-electron chi connectivity index (χ0n) is 12.7. The highest BCUT2D eigenvalue weighted by atomic mass is 16.5. The minimum Gasteiger partial charge on any atom is -0.383 e. The maximum Gasteiger partial charge on any atom is 0.259 e. The first kappa shape index (κ1) is 13.9. The fourth-order valence-corrected chi connectivity index (χ4v) is 3.33. The third kappa shape index (κ3) is 1.88. The Labute approximate surface area is 132 Å². The summed E-state index contributed by atoms with van der Waals surface area (Å²) in [5.74, 6) is -0.0158. The van der Waals surface area contributed by atoms with Crippen molar-refractivity contribution in [2.45, 2.75) is 6.54 Å². The molecule has 1 heterocycles. The van der Waals surface area contributed by atoms with Crippen LogP contribution < -0.4 is 5.56 Å². The van der Waals surface area contributed by atoms with Gasteiger partial charge in [-0.3, -0.25) is 9.59 Å². The van der Waals surface area contributed by atoms with E-state index in [0.29, 0.717) is 35.4 Å². The third-order valence-electron chi connectivity index (χ3n) is 4.35. The standard InChI is InChI=1S/C19H15NO3/c1-23-11-10-20-17-13-7-3-4-8-14(13)18(21)16(17)12-6-2-5-9-15(12)19(20)22/h2-9H,10-11H2,1H3. The van der Waals surface area contributed by atoms with Gasteiger partial charge in [-0.1, -0.05) is 42.5 Å². The second kappa shape index (κ2) is 5.18. The van der Waals surface area contributed by atoms with Crippen LogP contribution in [-0.2, 0) is 11.3 Å². The smallest absolute Gasteiger partial charge is 0.259 e. The lowest BCUT2D eigenvalue weighted by atomic mass is 10.0. The van der Waals surface area contributed by atoms with Crippen LogP contribution in [0.2, 0.25) is 0 Å². The molecular formula is C19H15NO3. The van der Waals surface area contributed by atoms with Gasteiger partial charge < -0.3 is 9.30 Å². The predicted octanol–water partition coefficient (Wildman–Crippen LogP) is 2.86. The quantitative estimate of drug-likeness (QED) is 0.585. The lowest BCUT2D eigenvalue weighted by Gasteiger charge is -2.14. The first-order chi connectivity index (χ1) is 11.2. The summed E-state index contributed by atoms with van der Waals surface area (Å²) in [5.41, 5.74) is 2.74. The maximum absolute atomic E-state index is 12.9. The highest BCUT2D eigenvalue weighted by Gasteiger charge is 2.31. The molecule has 23 heavy (non-hydrogen) atoms. The van der Waals surface area contributed by atoms with E-state index in [9.17, 15) is 9.59 Å². The molecule has 3 aromatic rings. The summed E-state index contributed by atoms with van der Waals surface area (Å²) in [5, 5.41) is 1.30. The number of ketones is 1. The molecule has 0 radical (unpaired) electrons. The molecular weight excluding hydrogens is 290 g/mol. The van der Waals surface area contributed by atoms with E-state index in [1.807, 2.05) is 42.5 Å². The van der Waals surface area contributed by atoms with Crippen molar-refractivity contribution in [2.24, 2.45) is 0 Å². The van der Waals surface area contributed by atoms with E-state index in [1.54, 1.807) is 17.7 Å². The average molecular weight is 305 g/mol. The van der Waals surface area contributed by atoms with E-state index >= 15 is 0 Å². The van der Waals surface area contributed by atoms with Gasteiger partial charge in [0.25, 0.3) is 5.56 Å². The number of ether oxygens (including phenoxy) is 1. The number of rotatable bonds is 3. The van der Waals surface area contributed by atoms with Crippen molar-refractivity contribution in [3.63, 3.8) is 0 Å². The highest BCUT2D eigenvalue weighted by molar-refractivity contribution is 6.26. The fourth-order valence-electron chi connectivity index (χ4n) is 3.33. The van der Waals surface area contributed by atoms with Crippen molar-refractivity contribution < 1.29 is 9.53 Å². The van der Waals surface area contributed by atoms with Gasteiger partial charge in [-0.05, 0) is 6.07 Å². The Kier molecular flexibility index (Phi) is 3.13. The fraction of sp³-hybridized carbons (Fsp3) is 0.158. The number of aromatic nitrogens is 1. The summed E-state index contributed by atoms with van der Waals surface area (Å²) in [6.45, 7) is 0.838. The summed E-state index contributed by atoms with van der Waals surface area (Å²) in [6, 6.07) is 14.8. The monoisotopic (exact) mass is 305 g/mol. The van der Waals surface area contributed by atoms with Gasteiger partial charge >= 0.3 is 0 Å². The molecule has 0 aliphatic heterocycles. The van der Waals surface area contributed by atoms with Crippen LogP contribution in [0.15, 0.2) is 53.3 Å². The minimum absolute atomic E-state index is 0.0158. The largest absolute Gasteiger partial charge is 0.383 e. The average Bonchev–Trinajstić information content (AvgIpc) is 2.89. The van der Waals surface area contributed by atoms with Gasteiger partial charge in [-0.25, -0.2) is 0 Å². The minimum atomic E-state index is -0.0825. The Bertz CT molecular complexity index is 1000. The van der Waals surface area contributed by atoms with Crippen LogP contribution in [0.25, 0.3) is 22.0 Å². The number of pyridine rings is 1. The van der Waals surface area contributed by atoms with Crippen LogP contribution in [0.3, 0.4) is 0 Å². The molecule has 1 aliphatic rings. The molecule has 0 atom stereocenters. The summed E-state index contributed by atoms with van der Waals surface area (Å²) >= 11 is 0. The van der Waals surface area contributed by atoms with Gasteiger partial charge in [0.15, 0.2) is 5.78 Å². The lowest BCUT2D eigenvalue weighted by Crippen LogP contribution is -2.25. The Balaban J connectivity index is 2.16. The van der Waals surface area contributed by atoms with E-state index in [2.05, 4.69) is 0 Å². The summed E-state index contributed by atoms with van der Waals surface area (Å²) in [6.07, 6.45) is 0. The summed E-state index contributed by atoms with van der Waals surface area (Å²) < 4.78 is 6.81. The Hall–Kier alpha value is -2.72. The first-order valence-electron chi connectivity index (χ1n) is 7.52. The lowest BCUT2D eigenvalue weighted by molar-refractivity contribution is 0.104. The van der Waals surface area contributed by atoms with Gasteiger partial charge in [0.05, 0.1) is 17.9 Å². The molecule has 4 nitrogen and oxygen atoms in total. The number of methoxy groups -OCH3 is 1. The van der Waals surface area contributed by atoms with Gasteiger partial charge in [0.2, 0.25) is 0 Å². The molecule has 0 saturated carbocycles. The van der Waals surface area contributed by atoms with Crippen LogP contribution >= 0.6 is 0 Å². The van der Waals surface area contributed by atoms with Gasteiger partial charge in [0.1, 0.15) is 0 Å². The second-order valence-corrected chi connectivity index (χ2v) is 5.59. The zero-order valence-corrected chi connectivity index (χ0v) is 12.7. The van der Waals surface area contributed by atoms with Crippen LogP contribution in [-0.4, -0.2) is 24.1 Å². The molecule has 0 N–H and O–H groups in total. The third-order valence-corrected chi connectivity index (χ3v) is 4.35. The molecule has 0 saturated heterocycles. The van der Waals surface area contributed by atoms with Gasteiger partial charge in [-0.15, -0.1) is 0 Å². The van der Waals surface area contributed by atoms with Crippen molar-refractivity contribution in [3.8, 4) is 11.3 Å². The predicted molar refractivity (Wildman–Crippen MR) is 89.0 cm³/mol. The summed E-state index contributed by atoms with van der Waals surface area (Å²) in [4.78, 5) is 25.8. The molecule has 1 aromatic heterocycles. The first-order valence-corrected chi connectivity index (χ1v) is 7.52. The van der Waals surface area contributed by atoms with E-state index < -0.39 is 0 Å². The molecule has 0 bridgehead atoms. The van der Waals surface area contributed by atoms with Crippen molar-refractivity contribution in [3.05, 3.63) is 70.0 Å².